The highest BCUT2D eigenvalue weighted by Crippen LogP contribution is 2.27. The zero-order valence-electron chi connectivity index (χ0n) is 16.7. The van der Waals surface area contributed by atoms with Crippen molar-refractivity contribution in [1.82, 2.24) is 9.78 Å². The number of nitrogens with zero attached hydrogens (tertiary/aromatic N) is 3. The van der Waals surface area contributed by atoms with Crippen molar-refractivity contribution in [3.05, 3.63) is 58.4 Å². The van der Waals surface area contributed by atoms with Gasteiger partial charge in [-0.05, 0) is 43.3 Å². The first-order valence-electron chi connectivity index (χ1n) is 9.64. The van der Waals surface area contributed by atoms with Gasteiger partial charge in [-0.1, -0.05) is 6.07 Å². The molecule has 0 bridgehead atoms. The Morgan fingerprint density at radius 3 is 2.52 bits per heavy atom. The number of alkyl halides is 1. The lowest BCUT2D eigenvalue weighted by Gasteiger charge is -2.30. The molecule has 1 aliphatic heterocycles. The molecule has 1 N–H and O–H groups in total. The van der Waals surface area contributed by atoms with Crippen LogP contribution in [0.4, 0.5) is 10.1 Å². The second-order valence-electron chi connectivity index (χ2n) is 7.25. The Morgan fingerprint density at radius 2 is 1.90 bits per heavy atom. The van der Waals surface area contributed by atoms with E-state index in [1.165, 1.54) is 16.8 Å². The average molecular weight is 423 g/mol. The van der Waals surface area contributed by atoms with Gasteiger partial charge in [0.15, 0.2) is 13.6 Å². The van der Waals surface area contributed by atoms with E-state index < -0.39 is 22.8 Å². The molecule has 2 heterocycles. The highest BCUT2D eigenvalue weighted by Gasteiger charge is 2.23. The van der Waals surface area contributed by atoms with Crippen LogP contribution < -0.4 is 15.1 Å². The Labute approximate surface area is 178 Å². The smallest absolute Gasteiger partial charge is 0.360 e. The summed E-state index contributed by atoms with van der Waals surface area (Å²) in [7, 11) is 5.23. The van der Waals surface area contributed by atoms with Gasteiger partial charge in [0.25, 0.3) is 0 Å². The van der Waals surface area contributed by atoms with E-state index in [0.717, 1.165) is 6.92 Å². The number of benzene rings is 2. The van der Waals surface area contributed by atoms with Crippen LogP contribution in [0, 0.1) is 0 Å². The van der Waals surface area contributed by atoms with Crippen molar-refractivity contribution in [2.45, 2.75) is 12.7 Å². The number of carbonyl (C=O) groups is 1. The molecule has 4 rings (SSSR count). The molecule has 8 nitrogen and oxygen atoms in total. The maximum absolute atomic E-state index is 13.5. The van der Waals surface area contributed by atoms with Crippen LogP contribution in [0.25, 0.3) is 16.6 Å². The Hall–Kier alpha value is -3.40. The number of aromatic nitrogens is 2. The molecule has 0 amide bonds. The van der Waals surface area contributed by atoms with Crippen molar-refractivity contribution in [2.24, 2.45) is 0 Å². The molecule has 0 spiro atoms. The number of halogens is 1. The van der Waals surface area contributed by atoms with E-state index in [-0.39, 0.29) is 11.1 Å². The van der Waals surface area contributed by atoms with Gasteiger partial charge in [-0.15, -0.1) is 0 Å². The number of hydrogen-bond donors (Lipinski definition) is 1. The number of hydrogen-bond acceptors (Lipinski definition) is 6. The number of aromatic carboxylic acids is 1. The number of morpholine rings is 1. The second kappa shape index (κ2) is 8.03. The first-order chi connectivity index (χ1) is 14.7. The molecule has 3 aromatic rings. The van der Waals surface area contributed by atoms with Crippen LogP contribution in [0.1, 0.15) is 17.4 Å². The fraction of sp³-hybridized carbons (Fsp3) is 0.286. The van der Waals surface area contributed by atoms with Crippen LogP contribution in [0.5, 0.6) is 5.75 Å². The number of fused-ring (bicyclic) bond motifs is 1. The van der Waals surface area contributed by atoms with Crippen molar-refractivity contribution < 1.29 is 23.8 Å². The molecule has 1 unspecified atom stereocenters. The highest BCUT2D eigenvalue weighted by atomic mass is 19.2. The molecular formula is C21H19BFN3O5. The SMILES string of the molecule is [B]C(C)(F)Oc1ccc(-n2nc(C(=O)O)c(=O)c3c(N4CCOCC4)cccc32)cc1. The van der Waals surface area contributed by atoms with Crippen LogP contribution in [0.15, 0.2) is 47.3 Å². The predicted molar refractivity (Wildman–Crippen MR) is 113 cm³/mol. The Bertz CT molecular complexity index is 1180. The molecule has 31 heavy (non-hydrogen) atoms. The standard InChI is InChI=1S/C21H19BFN3O5/c1-21(22,23)31-14-7-5-13(6-8-14)26-16-4-2-3-15(25-9-11-30-12-10-25)17(16)19(27)18(24-26)20(28)29/h2-8H,9-12H2,1H3,(H,28,29). The van der Waals surface area contributed by atoms with Crippen LogP contribution >= 0.6 is 0 Å². The summed E-state index contributed by atoms with van der Waals surface area (Å²) in [5, 5.41) is 13.9. The van der Waals surface area contributed by atoms with Gasteiger partial charge >= 0.3 is 5.97 Å². The minimum absolute atomic E-state index is 0.189. The van der Waals surface area contributed by atoms with Crippen molar-refractivity contribution in [3.8, 4) is 11.4 Å². The molecule has 1 fully saturated rings. The monoisotopic (exact) mass is 423 g/mol. The van der Waals surface area contributed by atoms with Gasteiger partial charge in [0.2, 0.25) is 11.1 Å². The number of ether oxygens (including phenoxy) is 2. The topological polar surface area (TPSA) is 93.9 Å². The fourth-order valence-corrected chi connectivity index (χ4v) is 3.55. The third-order valence-corrected chi connectivity index (χ3v) is 4.84. The maximum atomic E-state index is 13.5. The molecule has 10 heteroatoms. The normalized spacial score (nSPS) is 16.1. The summed E-state index contributed by atoms with van der Waals surface area (Å²) >= 11 is 0. The van der Waals surface area contributed by atoms with Crippen molar-refractivity contribution in [2.75, 3.05) is 31.2 Å². The average Bonchev–Trinajstić information content (AvgIpc) is 2.74. The molecule has 158 valence electrons. The Morgan fingerprint density at radius 1 is 1.23 bits per heavy atom. The number of carboxylic acids is 1. The van der Waals surface area contributed by atoms with Crippen LogP contribution in [0.3, 0.4) is 0 Å². The van der Waals surface area contributed by atoms with Gasteiger partial charge in [-0.3, -0.25) is 4.79 Å². The molecule has 1 saturated heterocycles. The summed E-state index contributed by atoms with van der Waals surface area (Å²) < 4.78 is 25.3. The summed E-state index contributed by atoms with van der Waals surface area (Å²) in [6, 6.07) is 11.4. The van der Waals surface area contributed by atoms with E-state index in [0.29, 0.717) is 43.2 Å². The van der Waals surface area contributed by atoms with Gasteiger partial charge in [-0.2, -0.15) is 5.10 Å². The fourth-order valence-electron chi connectivity index (χ4n) is 3.55. The molecular weight excluding hydrogens is 404 g/mol. The Kier molecular flexibility index (Phi) is 5.40. The predicted octanol–water partition coefficient (Wildman–Crippen LogP) is 2.11. The molecule has 0 saturated carbocycles. The zero-order valence-corrected chi connectivity index (χ0v) is 16.7. The number of anilines is 1. The third-order valence-electron chi connectivity index (χ3n) is 4.84. The second-order valence-corrected chi connectivity index (χ2v) is 7.25. The van der Waals surface area contributed by atoms with E-state index in [1.807, 2.05) is 4.90 Å². The molecule has 2 radical (unpaired) electrons. The molecule has 1 aromatic heterocycles. The zero-order chi connectivity index (χ0) is 22.2. The van der Waals surface area contributed by atoms with Gasteiger partial charge < -0.3 is 19.5 Å². The van der Waals surface area contributed by atoms with E-state index in [9.17, 15) is 19.1 Å². The van der Waals surface area contributed by atoms with Crippen LogP contribution in [0.2, 0.25) is 0 Å². The van der Waals surface area contributed by atoms with E-state index in [2.05, 4.69) is 5.10 Å². The van der Waals surface area contributed by atoms with Gasteiger partial charge in [0, 0.05) is 13.1 Å². The summed E-state index contributed by atoms with van der Waals surface area (Å²) in [5.41, 5.74) is 0.294. The van der Waals surface area contributed by atoms with Gasteiger partial charge in [-0.25, -0.2) is 13.9 Å². The number of rotatable bonds is 5. The van der Waals surface area contributed by atoms with E-state index in [4.69, 9.17) is 17.3 Å². The van der Waals surface area contributed by atoms with E-state index >= 15 is 0 Å². The highest BCUT2D eigenvalue weighted by molar-refractivity contribution is 6.13. The minimum atomic E-state index is -2.34. The van der Waals surface area contributed by atoms with Crippen molar-refractivity contribution in [3.63, 3.8) is 0 Å². The summed E-state index contributed by atoms with van der Waals surface area (Å²) in [6.07, 6.45) is 0. The largest absolute Gasteiger partial charge is 0.476 e. The molecule has 1 aliphatic rings. The van der Waals surface area contributed by atoms with Crippen LogP contribution in [-0.2, 0) is 4.74 Å². The molecule has 0 aliphatic carbocycles. The molecule has 2 aromatic carbocycles. The van der Waals surface area contributed by atoms with Crippen molar-refractivity contribution >= 4 is 30.4 Å². The first-order valence-corrected chi connectivity index (χ1v) is 9.64. The van der Waals surface area contributed by atoms with Crippen LogP contribution in [-0.4, -0.2) is 60.8 Å². The Balaban J connectivity index is 1.90. The minimum Gasteiger partial charge on any atom is -0.476 e. The lowest BCUT2D eigenvalue weighted by molar-refractivity contribution is 0.0391. The maximum Gasteiger partial charge on any atom is 0.360 e. The van der Waals surface area contributed by atoms with Gasteiger partial charge in [0.1, 0.15) is 5.75 Å². The first kappa shape index (κ1) is 20.9. The summed E-state index contributed by atoms with van der Waals surface area (Å²) in [4.78, 5) is 26.8. The third kappa shape index (κ3) is 4.24. The lowest BCUT2D eigenvalue weighted by Crippen LogP contribution is -2.37. The summed E-state index contributed by atoms with van der Waals surface area (Å²) in [6.45, 7) is 3.26. The lowest BCUT2D eigenvalue weighted by atomic mass is 9.99. The summed E-state index contributed by atoms with van der Waals surface area (Å²) in [5.74, 6) is -3.57. The van der Waals surface area contributed by atoms with Gasteiger partial charge in [0.05, 0.1) is 35.5 Å². The number of carboxylic acid groups (broad SMARTS) is 1. The quantitative estimate of drug-likeness (QED) is 0.629. The van der Waals surface area contributed by atoms with Crippen molar-refractivity contribution in [1.29, 1.82) is 0 Å². The molecule has 1 atom stereocenters. The van der Waals surface area contributed by atoms with E-state index in [1.54, 1.807) is 30.3 Å².